The number of rotatable bonds is 1. The summed E-state index contributed by atoms with van der Waals surface area (Å²) in [4.78, 5) is 8.04. The van der Waals surface area contributed by atoms with Gasteiger partial charge in [0.25, 0.3) is 0 Å². The molecule has 0 aliphatic carbocycles. The zero-order valence-electron chi connectivity index (χ0n) is 5.76. The van der Waals surface area contributed by atoms with Gasteiger partial charge in [-0.05, 0) is 29.5 Å². The highest BCUT2D eigenvalue weighted by Crippen LogP contribution is 2.15. The van der Waals surface area contributed by atoms with Crippen LogP contribution in [0.4, 0.5) is 0 Å². The lowest BCUT2D eigenvalue weighted by Crippen LogP contribution is -1.94. The minimum absolute atomic E-state index is 0.646. The third-order valence-corrected chi connectivity index (χ3v) is 1.77. The molecule has 0 fully saturated rings. The number of hydrogen-bond donors (Lipinski definition) is 0. The number of aromatic nitrogens is 2. The molecule has 0 aliphatic heterocycles. The van der Waals surface area contributed by atoms with E-state index in [0.717, 1.165) is 9.39 Å². The fourth-order valence-electron chi connectivity index (χ4n) is 0.578. The fourth-order valence-corrected chi connectivity index (χ4v) is 1.06. The van der Waals surface area contributed by atoms with Crippen LogP contribution < -0.4 is 4.74 Å². The summed E-state index contributed by atoms with van der Waals surface area (Å²) in [6.07, 6.45) is 1.74. The van der Waals surface area contributed by atoms with Crippen LogP contribution in [0.25, 0.3) is 0 Å². The lowest BCUT2D eigenvalue weighted by atomic mass is 10.6. The molecule has 3 nitrogen and oxygen atoms in total. The standard InChI is InChI=1S/C6H7IN2O/c1-4-8-3-5(7)6(9-4)10-2/h3H,1-2H3. The molecule has 1 heterocycles. The van der Waals surface area contributed by atoms with E-state index in [1.807, 2.05) is 6.92 Å². The summed E-state index contributed by atoms with van der Waals surface area (Å²) in [6, 6.07) is 0. The zero-order chi connectivity index (χ0) is 7.56. The molecule has 0 aromatic carbocycles. The number of aryl methyl sites for hydroxylation is 1. The minimum Gasteiger partial charge on any atom is -0.480 e. The van der Waals surface area contributed by atoms with Gasteiger partial charge in [-0.15, -0.1) is 0 Å². The molecule has 0 amide bonds. The predicted molar refractivity (Wildman–Crippen MR) is 46.0 cm³/mol. The van der Waals surface area contributed by atoms with Crippen LogP contribution >= 0.6 is 22.6 Å². The molecule has 0 aliphatic rings. The van der Waals surface area contributed by atoms with E-state index in [0.29, 0.717) is 5.88 Å². The molecule has 0 atom stereocenters. The average molecular weight is 250 g/mol. The predicted octanol–water partition coefficient (Wildman–Crippen LogP) is 1.40. The van der Waals surface area contributed by atoms with E-state index in [1.54, 1.807) is 13.3 Å². The zero-order valence-corrected chi connectivity index (χ0v) is 7.92. The molecule has 1 aromatic rings. The number of nitrogens with zero attached hydrogens (tertiary/aromatic N) is 2. The Bertz CT molecular complexity index is 239. The molecule has 0 unspecified atom stereocenters. The second kappa shape index (κ2) is 3.14. The molecule has 0 spiro atoms. The van der Waals surface area contributed by atoms with Crippen LogP contribution in [0.2, 0.25) is 0 Å². The van der Waals surface area contributed by atoms with E-state index in [-0.39, 0.29) is 0 Å². The van der Waals surface area contributed by atoms with Gasteiger partial charge in [-0.2, -0.15) is 4.98 Å². The monoisotopic (exact) mass is 250 g/mol. The van der Waals surface area contributed by atoms with Crippen molar-refractivity contribution in [2.45, 2.75) is 6.92 Å². The largest absolute Gasteiger partial charge is 0.480 e. The Morgan fingerprint density at radius 2 is 2.30 bits per heavy atom. The molecule has 0 saturated carbocycles. The lowest BCUT2D eigenvalue weighted by Gasteiger charge is -2.00. The van der Waals surface area contributed by atoms with Gasteiger partial charge in [-0.25, -0.2) is 4.98 Å². The van der Waals surface area contributed by atoms with Gasteiger partial charge < -0.3 is 4.74 Å². The van der Waals surface area contributed by atoms with Gasteiger partial charge in [0.15, 0.2) is 0 Å². The Balaban J connectivity index is 3.09. The average Bonchev–Trinajstić information content (AvgIpc) is 1.94. The van der Waals surface area contributed by atoms with Gasteiger partial charge in [-0.1, -0.05) is 0 Å². The van der Waals surface area contributed by atoms with Crippen LogP contribution in [0, 0.1) is 10.5 Å². The SMILES string of the molecule is COc1nc(C)ncc1I. The van der Waals surface area contributed by atoms with Crippen LogP contribution in [-0.2, 0) is 0 Å². The number of hydrogen-bond acceptors (Lipinski definition) is 3. The Morgan fingerprint density at radius 3 is 2.80 bits per heavy atom. The summed E-state index contributed by atoms with van der Waals surface area (Å²) in [5.41, 5.74) is 0. The Hall–Kier alpha value is -0.390. The van der Waals surface area contributed by atoms with Crippen molar-refractivity contribution >= 4 is 22.6 Å². The molecule has 0 bridgehead atoms. The Labute approximate surface area is 73.0 Å². The van der Waals surface area contributed by atoms with Crippen molar-refractivity contribution in [3.63, 3.8) is 0 Å². The van der Waals surface area contributed by atoms with Crippen LogP contribution in [0.15, 0.2) is 6.20 Å². The van der Waals surface area contributed by atoms with Crippen molar-refractivity contribution in [2.24, 2.45) is 0 Å². The highest BCUT2D eigenvalue weighted by molar-refractivity contribution is 14.1. The number of ether oxygens (including phenoxy) is 1. The Kier molecular flexibility index (Phi) is 2.42. The van der Waals surface area contributed by atoms with Gasteiger partial charge in [0, 0.05) is 6.20 Å². The summed E-state index contributed by atoms with van der Waals surface area (Å²) >= 11 is 2.13. The third-order valence-electron chi connectivity index (χ3n) is 1.03. The van der Waals surface area contributed by atoms with Gasteiger partial charge in [0.05, 0.1) is 10.7 Å². The Morgan fingerprint density at radius 1 is 1.60 bits per heavy atom. The van der Waals surface area contributed by atoms with E-state index < -0.39 is 0 Å². The van der Waals surface area contributed by atoms with E-state index in [1.165, 1.54) is 0 Å². The van der Waals surface area contributed by atoms with Gasteiger partial charge >= 0.3 is 0 Å². The lowest BCUT2D eigenvalue weighted by molar-refractivity contribution is 0.392. The summed E-state index contributed by atoms with van der Waals surface area (Å²) in [7, 11) is 1.60. The second-order valence-corrected chi connectivity index (χ2v) is 2.94. The van der Waals surface area contributed by atoms with E-state index in [4.69, 9.17) is 4.74 Å². The molecule has 0 saturated heterocycles. The highest BCUT2D eigenvalue weighted by Gasteiger charge is 1.99. The molecule has 1 aromatic heterocycles. The summed E-state index contributed by atoms with van der Waals surface area (Å²) in [6.45, 7) is 1.83. The fraction of sp³-hybridized carbons (Fsp3) is 0.333. The summed E-state index contributed by atoms with van der Waals surface area (Å²) in [5, 5.41) is 0. The quantitative estimate of drug-likeness (QED) is 0.706. The molecule has 1 rings (SSSR count). The minimum atomic E-state index is 0.646. The van der Waals surface area contributed by atoms with Crippen LogP contribution in [0.5, 0.6) is 5.88 Å². The smallest absolute Gasteiger partial charge is 0.230 e. The van der Waals surface area contributed by atoms with Crippen molar-refractivity contribution in [3.05, 3.63) is 15.6 Å². The first-order valence-corrected chi connectivity index (χ1v) is 3.85. The van der Waals surface area contributed by atoms with E-state index in [2.05, 4.69) is 32.6 Å². The molecule has 0 N–H and O–H groups in total. The van der Waals surface area contributed by atoms with Crippen molar-refractivity contribution < 1.29 is 4.74 Å². The van der Waals surface area contributed by atoms with E-state index >= 15 is 0 Å². The van der Waals surface area contributed by atoms with Crippen molar-refractivity contribution in [2.75, 3.05) is 7.11 Å². The molecular formula is C6H7IN2O. The third kappa shape index (κ3) is 1.56. The molecular weight excluding hydrogens is 243 g/mol. The van der Waals surface area contributed by atoms with Crippen LogP contribution in [0.3, 0.4) is 0 Å². The van der Waals surface area contributed by atoms with Gasteiger partial charge in [0.2, 0.25) is 5.88 Å². The highest BCUT2D eigenvalue weighted by atomic mass is 127. The normalized spacial score (nSPS) is 9.50. The van der Waals surface area contributed by atoms with E-state index in [9.17, 15) is 0 Å². The van der Waals surface area contributed by atoms with Gasteiger partial charge in [0.1, 0.15) is 5.82 Å². The molecule has 10 heavy (non-hydrogen) atoms. The van der Waals surface area contributed by atoms with Crippen molar-refractivity contribution in [1.29, 1.82) is 0 Å². The maximum absolute atomic E-state index is 4.97. The topological polar surface area (TPSA) is 35.0 Å². The summed E-state index contributed by atoms with van der Waals surface area (Å²) < 4.78 is 5.90. The van der Waals surface area contributed by atoms with Crippen molar-refractivity contribution in [1.82, 2.24) is 9.97 Å². The maximum Gasteiger partial charge on any atom is 0.230 e. The number of halogens is 1. The van der Waals surface area contributed by atoms with Crippen LogP contribution in [0.1, 0.15) is 5.82 Å². The summed E-state index contributed by atoms with van der Waals surface area (Å²) in [5.74, 6) is 1.38. The molecule has 0 radical (unpaired) electrons. The van der Waals surface area contributed by atoms with Gasteiger partial charge in [-0.3, -0.25) is 0 Å². The molecule has 54 valence electrons. The number of methoxy groups -OCH3 is 1. The first-order chi connectivity index (χ1) is 4.74. The van der Waals surface area contributed by atoms with Crippen LogP contribution in [-0.4, -0.2) is 17.1 Å². The first-order valence-electron chi connectivity index (χ1n) is 2.77. The second-order valence-electron chi connectivity index (χ2n) is 1.77. The maximum atomic E-state index is 4.97. The molecule has 4 heteroatoms. The first kappa shape index (κ1) is 7.71. The van der Waals surface area contributed by atoms with Crippen molar-refractivity contribution in [3.8, 4) is 5.88 Å².